The van der Waals surface area contributed by atoms with Crippen LogP contribution in [0.3, 0.4) is 0 Å². The van der Waals surface area contributed by atoms with Crippen LogP contribution in [0.15, 0.2) is 71.7 Å². The van der Waals surface area contributed by atoms with Crippen LogP contribution in [0.5, 0.6) is 5.75 Å². The van der Waals surface area contributed by atoms with Crippen molar-refractivity contribution in [2.75, 3.05) is 17.3 Å². The fourth-order valence-corrected chi connectivity index (χ4v) is 6.74. The fraction of sp³-hybridized carbons (Fsp3) is 0.452. The first-order valence-electron chi connectivity index (χ1n) is 14.0. The third kappa shape index (κ3) is 5.43. The van der Waals surface area contributed by atoms with Gasteiger partial charge in [0.05, 0.1) is 16.7 Å². The van der Waals surface area contributed by atoms with Crippen molar-refractivity contribution in [3.63, 3.8) is 0 Å². The van der Waals surface area contributed by atoms with Crippen molar-refractivity contribution >= 4 is 23.4 Å². The molecule has 0 saturated carbocycles. The molecule has 3 atom stereocenters. The third-order valence-corrected chi connectivity index (χ3v) is 9.25. The van der Waals surface area contributed by atoms with Gasteiger partial charge in [-0.2, -0.15) is 18.6 Å². The molecule has 11 heteroatoms. The third-order valence-electron chi connectivity index (χ3n) is 8.01. The van der Waals surface area contributed by atoms with E-state index in [1.807, 2.05) is 36.2 Å². The average Bonchev–Trinajstić information content (AvgIpc) is 3.50. The topological polar surface area (TPSA) is 74.3 Å². The van der Waals surface area contributed by atoms with Crippen LogP contribution < -0.4 is 15.2 Å². The normalized spacial score (nSPS) is 25.5. The summed E-state index contributed by atoms with van der Waals surface area (Å²) in [7, 11) is 0. The number of nitrogens with one attached hydrogen (secondary N) is 1. The number of ether oxygens (including phenoxy) is 2. The van der Waals surface area contributed by atoms with Gasteiger partial charge in [-0.05, 0) is 81.6 Å². The summed E-state index contributed by atoms with van der Waals surface area (Å²) in [4.78, 5) is 14.8. The molecular formula is C31H36F3N3O4S. The van der Waals surface area contributed by atoms with E-state index < -0.39 is 40.9 Å². The number of anilines is 1. The number of hydrogen-bond donors (Lipinski definition) is 2. The molecule has 3 unspecified atom stereocenters. The molecule has 3 heterocycles. The van der Waals surface area contributed by atoms with Crippen molar-refractivity contribution in [1.82, 2.24) is 10.3 Å². The quantitative estimate of drug-likeness (QED) is 0.268. The molecule has 2 aromatic rings. The number of carboxylic acid groups (broad SMARTS) is 1. The van der Waals surface area contributed by atoms with Crippen molar-refractivity contribution in [2.24, 2.45) is 5.41 Å². The maximum atomic E-state index is 13.2. The number of allylic oxidation sites excluding steroid dienone is 3. The summed E-state index contributed by atoms with van der Waals surface area (Å²) in [5, 5.41) is 11.3. The Labute approximate surface area is 248 Å². The van der Waals surface area contributed by atoms with Crippen molar-refractivity contribution < 1.29 is 32.5 Å². The summed E-state index contributed by atoms with van der Waals surface area (Å²) >= 11 is 1.66. The van der Waals surface area contributed by atoms with E-state index in [0.717, 1.165) is 42.0 Å². The second kappa shape index (κ2) is 11.3. The molecule has 0 spiro atoms. The molecule has 0 aromatic heterocycles. The van der Waals surface area contributed by atoms with Gasteiger partial charge < -0.3 is 14.6 Å². The number of nitrogens with zero attached hydrogens (tertiary/aromatic N) is 2. The number of aryl methyl sites for hydroxylation is 1. The number of alkyl halides is 3. The zero-order valence-corrected chi connectivity index (χ0v) is 24.9. The number of carbonyl (C=O) groups is 1. The van der Waals surface area contributed by atoms with Crippen LogP contribution >= 0.6 is 11.8 Å². The highest BCUT2D eigenvalue weighted by molar-refractivity contribution is 7.99. The summed E-state index contributed by atoms with van der Waals surface area (Å²) in [6, 6.07) is 10.9. The van der Waals surface area contributed by atoms with Gasteiger partial charge in [-0.25, -0.2) is 9.69 Å². The van der Waals surface area contributed by atoms with Gasteiger partial charge in [0.1, 0.15) is 5.75 Å². The molecule has 3 aliphatic heterocycles. The Morgan fingerprint density at radius 1 is 1.19 bits per heavy atom. The summed E-state index contributed by atoms with van der Waals surface area (Å²) in [6.07, 6.45) is 6.10. The molecule has 2 aromatic carbocycles. The van der Waals surface area contributed by atoms with Crippen LogP contribution in [0, 0.1) is 12.3 Å². The highest BCUT2D eigenvalue weighted by Gasteiger charge is 2.71. The van der Waals surface area contributed by atoms with Crippen LogP contribution in [0.2, 0.25) is 0 Å². The number of aliphatic carboxylic acids is 1. The van der Waals surface area contributed by atoms with Gasteiger partial charge in [0.2, 0.25) is 12.2 Å². The predicted octanol–water partition coefficient (Wildman–Crippen LogP) is 6.94. The van der Waals surface area contributed by atoms with E-state index in [2.05, 4.69) is 29.4 Å². The standard InChI is InChI=1S/C31H36F3N3O4S/c1-5-6-18-36-27-37(23-12-10-22(11-13-23)30(32,33)34)35-31(36,41-27)29(16-8-7-9-17-29)20-42-24-14-15-25(21(2)19-24)40-28(3,4)26(38)39/h7-16,19,27,35H,5-6,17-18,20H2,1-4H3,(H,38,39). The molecule has 3 saturated heterocycles. The number of thioether (sulfide) groups is 1. The largest absolute Gasteiger partial charge is 0.478 e. The lowest BCUT2D eigenvalue weighted by molar-refractivity contribution is -0.351. The van der Waals surface area contributed by atoms with E-state index in [1.165, 1.54) is 26.0 Å². The molecule has 2 N–H and O–H groups in total. The molecule has 3 fully saturated rings. The van der Waals surface area contributed by atoms with Gasteiger partial charge in [0.25, 0.3) is 0 Å². The number of rotatable bonds is 11. The summed E-state index contributed by atoms with van der Waals surface area (Å²) < 4.78 is 52.0. The second-order valence-corrected chi connectivity index (χ2v) is 12.5. The first kappa shape index (κ1) is 30.5. The first-order chi connectivity index (χ1) is 19.8. The maximum absolute atomic E-state index is 13.2. The fourth-order valence-electron chi connectivity index (χ4n) is 5.48. The highest BCUT2D eigenvalue weighted by atomic mass is 32.2. The monoisotopic (exact) mass is 603 g/mol. The van der Waals surface area contributed by atoms with Crippen LogP contribution in [0.4, 0.5) is 18.9 Å². The Kier molecular flexibility index (Phi) is 8.17. The van der Waals surface area contributed by atoms with Gasteiger partial charge >= 0.3 is 12.1 Å². The first-order valence-corrected chi connectivity index (χ1v) is 15.0. The summed E-state index contributed by atoms with van der Waals surface area (Å²) in [5.74, 6) is -0.759. The summed E-state index contributed by atoms with van der Waals surface area (Å²) in [5.41, 5.74) is 2.45. The molecule has 6 rings (SSSR count). The smallest absolute Gasteiger partial charge is 0.416 e. The Balaban J connectivity index is 1.40. The number of unbranched alkanes of at least 4 members (excludes halogenated alkanes) is 1. The van der Waals surface area contributed by atoms with Crippen molar-refractivity contribution in [3.05, 3.63) is 77.9 Å². The van der Waals surface area contributed by atoms with Crippen LogP contribution in [-0.2, 0) is 15.7 Å². The zero-order valence-electron chi connectivity index (χ0n) is 24.1. The Morgan fingerprint density at radius 2 is 1.93 bits per heavy atom. The van der Waals surface area contributed by atoms with E-state index in [1.54, 1.807) is 17.8 Å². The van der Waals surface area contributed by atoms with Gasteiger partial charge in [0.15, 0.2) is 5.60 Å². The summed E-state index contributed by atoms with van der Waals surface area (Å²) in [6.45, 7) is 7.81. The van der Waals surface area contributed by atoms with E-state index >= 15 is 0 Å². The van der Waals surface area contributed by atoms with E-state index in [-0.39, 0.29) is 0 Å². The molecule has 0 radical (unpaired) electrons. The molecule has 1 aliphatic carbocycles. The number of benzene rings is 2. The van der Waals surface area contributed by atoms with Crippen LogP contribution in [0.1, 0.15) is 51.2 Å². The lowest BCUT2D eigenvalue weighted by Crippen LogP contribution is -2.73. The number of hydrazine groups is 1. The molecule has 7 nitrogen and oxygen atoms in total. The average molecular weight is 604 g/mol. The number of hydrogen-bond acceptors (Lipinski definition) is 7. The molecule has 42 heavy (non-hydrogen) atoms. The van der Waals surface area contributed by atoms with Crippen LogP contribution in [-0.4, -0.2) is 46.1 Å². The predicted molar refractivity (Wildman–Crippen MR) is 156 cm³/mol. The Bertz CT molecular complexity index is 1380. The Hall–Kier alpha value is -2.99. The minimum atomic E-state index is -4.40. The number of carboxylic acids is 1. The SMILES string of the molecule is CCCCN1C2OC1(C1(CSc3ccc(OC(C)(C)C(=O)O)c(C)c3)C=CC=CC1)NN2c1ccc(C(F)(F)F)cc1. The lowest BCUT2D eigenvalue weighted by Gasteiger charge is -2.56. The molecular weight excluding hydrogens is 567 g/mol. The molecule has 226 valence electrons. The van der Waals surface area contributed by atoms with Gasteiger partial charge in [-0.3, -0.25) is 5.01 Å². The van der Waals surface area contributed by atoms with Gasteiger partial charge in [-0.15, -0.1) is 11.8 Å². The van der Waals surface area contributed by atoms with Crippen LogP contribution in [0.25, 0.3) is 0 Å². The lowest BCUT2D eigenvalue weighted by atomic mass is 9.76. The molecule has 2 bridgehead atoms. The Morgan fingerprint density at radius 3 is 2.52 bits per heavy atom. The van der Waals surface area contributed by atoms with Crippen molar-refractivity contribution in [3.8, 4) is 5.75 Å². The van der Waals surface area contributed by atoms with Crippen molar-refractivity contribution in [2.45, 2.75) is 75.8 Å². The number of fused-ring (bicyclic) bond motifs is 1. The van der Waals surface area contributed by atoms with E-state index in [4.69, 9.17) is 9.47 Å². The zero-order chi connectivity index (χ0) is 30.3. The molecule has 0 amide bonds. The van der Waals surface area contributed by atoms with Crippen molar-refractivity contribution in [1.29, 1.82) is 0 Å². The van der Waals surface area contributed by atoms with Gasteiger partial charge in [-0.1, -0.05) is 37.6 Å². The van der Waals surface area contributed by atoms with Gasteiger partial charge in [0, 0.05) is 17.2 Å². The highest BCUT2D eigenvalue weighted by Crippen LogP contribution is 2.56. The van der Waals surface area contributed by atoms with E-state index in [0.29, 0.717) is 23.6 Å². The maximum Gasteiger partial charge on any atom is 0.416 e. The minimum Gasteiger partial charge on any atom is -0.478 e. The number of halogens is 3. The minimum absolute atomic E-state index is 0.439. The van der Waals surface area contributed by atoms with E-state index in [9.17, 15) is 23.1 Å². The second-order valence-electron chi connectivity index (χ2n) is 11.4. The molecule has 4 aliphatic rings.